The number of sulfonamides is 1. The first-order chi connectivity index (χ1) is 10.4. The van der Waals surface area contributed by atoms with E-state index in [1.807, 2.05) is 6.07 Å². The number of anilines is 1. The van der Waals surface area contributed by atoms with Crippen molar-refractivity contribution in [2.45, 2.75) is 33.6 Å². The van der Waals surface area contributed by atoms with E-state index in [9.17, 15) is 8.42 Å². The van der Waals surface area contributed by atoms with Crippen LogP contribution in [0.25, 0.3) is 0 Å². The van der Waals surface area contributed by atoms with Crippen molar-refractivity contribution in [3.8, 4) is 0 Å². The number of hydrogen-bond acceptors (Lipinski definition) is 3. The van der Waals surface area contributed by atoms with E-state index < -0.39 is 10.0 Å². The number of halogens is 1. The molecule has 0 aliphatic carbocycles. The molecular formula is C15H27IN4O2S. The average molecular weight is 454 g/mol. The van der Waals surface area contributed by atoms with Crippen molar-refractivity contribution >= 4 is 45.6 Å². The lowest BCUT2D eigenvalue weighted by molar-refractivity contribution is 0.583. The van der Waals surface area contributed by atoms with Gasteiger partial charge in [0.25, 0.3) is 0 Å². The molecule has 0 amide bonds. The Bertz CT molecular complexity index is 596. The molecule has 0 saturated heterocycles. The predicted molar refractivity (Wildman–Crippen MR) is 108 cm³/mol. The van der Waals surface area contributed by atoms with E-state index in [1.165, 1.54) is 11.1 Å². The third kappa shape index (κ3) is 7.49. The van der Waals surface area contributed by atoms with Crippen molar-refractivity contribution in [1.29, 1.82) is 0 Å². The van der Waals surface area contributed by atoms with Crippen molar-refractivity contribution in [3.05, 3.63) is 29.3 Å². The van der Waals surface area contributed by atoms with Crippen LogP contribution in [0.5, 0.6) is 0 Å². The van der Waals surface area contributed by atoms with E-state index >= 15 is 0 Å². The van der Waals surface area contributed by atoms with Crippen molar-refractivity contribution in [1.82, 2.24) is 4.72 Å². The van der Waals surface area contributed by atoms with Gasteiger partial charge in [0.15, 0.2) is 5.96 Å². The molecule has 4 N–H and O–H groups in total. The molecule has 0 radical (unpaired) electrons. The van der Waals surface area contributed by atoms with Gasteiger partial charge in [0.2, 0.25) is 10.0 Å². The molecule has 0 heterocycles. The molecule has 0 aliphatic heterocycles. The molecule has 0 unspecified atom stereocenters. The van der Waals surface area contributed by atoms with Crippen LogP contribution in [0.3, 0.4) is 0 Å². The van der Waals surface area contributed by atoms with Crippen LogP contribution in [0.1, 0.15) is 31.9 Å². The van der Waals surface area contributed by atoms with E-state index in [4.69, 9.17) is 5.73 Å². The fourth-order valence-corrected chi connectivity index (χ4v) is 2.66. The number of rotatable bonds is 8. The van der Waals surface area contributed by atoms with E-state index in [1.54, 1.807) is 6.92 Å². The highest BCUT2D eigenvalue weighted by Gasteiger charge is 2.07. The molecule has 0 bridgehead atoms. The number of aliphatic imine (C=N–C) groups is 1. The number of guanidine groups is 1. The van der Waals surface area contributed by atoms with Crippen LogP contribution in [0, 0.1) is 0 Å². The van der Waals surface area contributed by atoms with E-state index in [0.717, 1.165) is 18.5 Å². The van der Waals surface area contributed by atoms with Gasteiger partial charge < -0.3 is 11.1 Å². The molecule has 1 aromatic carbocycles. The van der Waals surface area contributed by atoms with E-state index in [-0.39, 0.29) is 36.3 Å². The maximum absolute atomic E-state index is 11.3. The quantitative estimate of drug-likeness (QED) is 0.243. The summed E-state index contributed by atoms with van der Waals surface area (Å²) in [6.07, 6.45) is 1.81. The van der Waals surface area contributed by atoms with Crippen molar-refractivity contribution < 1.29 is 8.42 Å². The molecule has 8 heteroatoms. The van der Waals surface area contributed by atoms with Gasteiger partial charge in [0, 0.05) is 12.2 Å². The zero-order valence-electron chi connectivity index (χ0n) is 13.9. The highest BCUT2D eigenvalue weighted by Crippen LogP contribution is 2.22. The Morgan fingerprint density at radius 1 is 1.17 bits per heavy atom. The van der Waals surface area contributed by atoms with Gasteiger partial charge in [-0.2, -0.15) is 0 Å². The topological polar surface area (TPSA) is 96.6 Å². The van der Waals surface area contributed by atoms with E-state index in [2.05, 4.69) is 41.0 Å². The molecule has 1 aromatic rings. The highest BCUT2D eigenvalue weighted by atomic mass is 127. The van der Waals surface area contributed by atoms with Crippen LogP contribution in [0.15, 0.2) is 23.2 Å². The molecule has 0 saturated carbocycles. The maximum Gasteiger partial charge on any atom is 0.211 e. The zero-order valence-corrected chi connectivity index (χ0v) is 17.1. The third-order valence-corrected chi connectivity index (χ3v) is 4.75. The summed E-state index contributed by atoms with van der Waals surface area (Å²) in [4.78, 5) is 4.16. The van der Waals surface area contributed by atoms with Gasteiger partial charge in [-0.15, -0.1) is 24.0 Å². The number of nitrogens with zero attached hydrogens (tertiary/aromatic N) is 1. The predicted octanol–water partition coefficient (Wildman–Crippen LogP) is 2.10. The van der Waals surface area contributed by atoms with Gasteiger partial charge in [-0.05, 0) is 30.9 Å². The summed E-state index contributed by atoms with van der Waals surface area (Å²) in [6.45, 7) is 6.32. The van der Waals surface area contributed by atoms with Crippen molar-refractivity contribution in [2.24, 2.45) is 10.7 Å². The molecular weight excluding hydrogens is 427 g/mol. The molecule has 0 fully saturated rings. The fraction of sp³-hybridized carbons (Fsp3) is 0.533. The zero-order chi connectivity index (χ0) is 16.6. The van der Waals surface area contributed by atoms with Gasteiger partial charge in [0.05, 0.1) is 12.3 Å². The lowest BCUT2D eigenvalue weighted by Crippen LogP contribution is -2.29. The fourth-order valence-electron chi connectivity index (χ4n) is 2.05. The standard InChI is InChI=1S/C15H26N4O2S.HI/c1-4-12-8-7-9-13(5-2)14(12)19-15(16)17-10-11-18-22(20,21)6-3;/h7-9,18H,4-6,10-11H2,1-3H3,(H3,16,17,19);1H. The lowest BCUT2D eigenvalue weighted by atomic mass is 10.0. The van der Waals surface area contributed by atoms with Crippen LogP contribution in [-0.2, 0) is 22.9 Å². The van der Waals surface area contributed by atoms with Crippen LogP contribution in [0.4, 0.5) is 5.69 Å². The van der Waals surface area contributed by atoms with Gasteiger partial charge in [-0.25, -0.2) is 13.1 Å². The first kappa shape index (κ1) is 22.1. The smallest absolute Gasteiger partial charge is 0.211 e. The molecule has 0 aromatic heterocycles. The molecule has 6 nitrogen and oxygen atoms in total. The summed E-state index contributed by atoms with van der Waals surface area (Å²) in [5.41, 5.74) is 9.27. The molecule has 0 aliphatic rings. The molecule has 0 atom stereocenters. The monoisotopic (exact) mass is 454 g/mol. The van der Waals surface area contributed by atoms with E-state index in [0.29, 0.717) is 12.5 Å². The van der Waals surface area contributed by atoms with Gasteiger partial charge in [-0.1, -0.05) is 32.0 Å². The average Bonchev–Trinajstić information content (AvgIpc) is 2.51. The van der Waals surface area contributed by atoms with Crippen molar-refractivity contribution in [3.63, 3.8) is 0 Å². The first-order valence-electron chi connectivity index (χ1n) is 7.58. The Morgan fingerprint density at radius 3 is 2.22 bits per heavy atom. The summed E-state index contributed by atoms with van der Waals surface area (Å²) in [6, 6.07) is 6.16. The summed E-state index contributed by atoms with van der Waals surface area (Å²) < 4.78 is 25.0. The third-order valence-electron chi connectivity index (χ3n) is 3.35. The Labute approximate surface area is 156 Å². The normalized spacial score (nSPS) is 11.9. The molecule has 1 rings (SSSR count). The summed E-state index contributed by atoms with van der Waals surface area (Å²) in [5, 5.41) is 3.14. The number of nitrogens with one attached hydrogen (secondary N) is 2. The number of para-hydroxylation sites is 1. The second-order valence-electron chi connectivity index (χ2n) is 4.85. The molecule has 0 spiro atoms. The largest absolute Gasteiger partial charge is 0.370 e. The summed E-state index contributed by atoms with van der Waals surface area (Å²) in [7, 11) is -3.18. The second kappa shape index (κ2) is 10.8. The minimum Gasteiger partial charge on any atom is -0.370 e. The van der Waals surface area contributed by atoms with Crippen LogP contribution in [-0.4, -0.2) is 33.2 Å². The van der Waals surface area contributed by atoms with Gasteiger partial charge >= 0.3 is 0 Å². The minimum atomic E-state index is -3.18. The SMILES string of the molecule is CCc1cccc(CC)c1NC(N)=NCCNS(=O)(=O)CC.I. The minimum absolute atomic E-state index is 0. The Balaban J connectivity index is 0.00000484. The Kier molecular flexibility index (Phi) is 10.4. The lowest BCUT2D eigenvalue weighted by Gasteiger charge is -2.14. The van der Waals surface area contributed by atoms with Gasteiger partial charge in [0.1, 0.15) is 0 Å². The number of benzene rings is 1. The summed E-state index contributed by atoms with van der Waals surface area (Å²) >= 11 is 0. The Morgan fingerprint density at radius 2 is 1.74 bits per heavy atom. The van der Waals surface area contributed by atoms with Gasteiger partial charge in [-0.3, -0.25) is 4.99 Å². The first-order valence-corrected chi connectivity index (χ1v) is 9.23. The maximum atomic E-state index is 11.3. The molecule has 23 heavy (non-hydrogen) atoms. The van der Waals surface area contributed by atoms with Crippen LogP contribution < -0.4 is 15.8 Å². The number of nitrogens with two attached hydrogens (primary N) is 1. The highest BCUT2D eigenvalue weighted by molar-refractivity contribution is 14.0. The second-order valence-corrected chi connectivity index (χ2v) is 6.94. The molecule has 132 valence electrons. The van der Waals surface area contributed by atoms with Crippen molar-refractivity contribution in [2.75, 3.05) is 24.2 Å². The van der Waals surface area contributed by atoms with Crippen LogP contribution >= 0.6 is 24.0 Å². The number of hydrogen-bond donors (Lipinski definition) is 3. The summed E-state index contributed by atoms with van der Waals surface area (Å²) in [5.74, 6) is 0.361. The number of aryl methyl sites for hydroxylation is 2. The Hall–Kier alpha value is -0.870. The van der Waals surface area contributed by atoms with Crippen LogP contribution in [0.2, 0.25) is 0 Å².